The quantitative estimate of drug-likeness (QED) is 0.626. The van der Waals surface area contributed by atoms with Crippen molar-refractivity contribution in [2.24, 2.45) is 0 Å². The van der Waals surface area contributed by atoms with Crippen LogP contribution >= 0.6 is 11.3 Å². The molecule has 0 aliphatic rings. The summed E-state index contributed by atoms with van der Waals surface area (Å²) < 4.78 is 0. The molecule has 0 radical (unpaired) electrons. The summed E-state index contributed by atoms with van der Waals surface area (Å²) in [5.74, 6) is 0. The van der Waals surface area contributed by atoms with Gasteiger partial charge in [0.25, 0.3) is 5.69 Å². The number of nitro groups is 1. The van der Waals surface area contributed by atoms with Gasteiger partial charge in [-0.05, 0) is 6.92 Å². The van der Waals surface area contributed by atoms with Crippen molar-refractivity contribution in [3.63, 3.8) is 0 Å². The molecule has 6 heteroatoms. The lowest BCUT2D eigenvalue weighted by atomic mass is 10.1. The molecule has 5 nitrogen and oxygen atoms in total. The number of nitrogens with zero attached hydrogens (tertiary/aromatic N) is 3. The Kier molecular flexibility index (Phi) is 3.35. The molecule has 1 heterocycles. The lowest BCUT2D eigenvalue weighted by molar-refractivity contribution is -0.384. The van der Waals surface area contributed by atoms with E-state index in [1.165, 1.54) is 23.5 Å². The minimum absolute atomic E-state index is 0.0433. The van der Waals surface area contributed by atoms with Gasteiger partial charge in [-0.25, -0.2) is 4.98 Å². The van der Waals surface area contributed by atoms with E-state index >= 15 is 0 Å². The summed E-state index contributed by atoms with van der Waals surface area (Å²) in [4.78, 5) is 15.6. The van der Waals surface area contributed by atoms with Crippen molar-refractivity contribution in [2.45, 2.75) is 13.3 Å². The summed E-state index contributed by atoms with van der Waals surface area (Å²) in [5, 5.41) is 20.1. The van der Waals surface area contributed by atoms with Gasteiger partial charge in [-0.2, -0.15) is 5.26 Å². The highest BCUT2D eigenvalue weighted by Crippen LogP contribution is 2.29. The first-order valence-corrected chi connectivity index (χ1v) is 6.01. The molecule has 1 aromatic carbocycles. The summed E-state index contributed by atoms with van der Waals surface area (Å²) in [7, 11) is 0. The molecular weight excluding hydrogens is 250 g/mol. The van der Waals surface area contributed by atoms with Crippen LogP contribution in [0.5, 0.6) is 0 Å². The molecule has 0 amide bonds. The molecule has 0 aliphatic carbocycles. The van der Waals surface area contributed by atoms with Crippen molar-refractivity contribution in [1.82, 2.24) is 4.98 Å². The fraction of sp³-hybridized carbons (Fsp3) is 0.167. The Morgan fingerprint density at radius 1 is 1.56 bits per heavy atom. The molecule has 0 saturated heterocycles. The van der Waals surface area contributed by atoms with Crippen LogP contribution in [0.4, 0.5) is 5.69 Å². The van der Waals surface area contributed by atoms with Crippen molar-refractivity contribution >= 4 is 17.0 Å². The molecule has 1 aromatic heterocycles. The van der Waals surface area contributed by atoms with Crippen LogP contribution in [0.15, 0.2) is 24.3 Å². The zero-order valence-electron chi connectivity index (χ0n) is 9.58. The van der Waals surface area contributed by atoms with E-state index in [4.69, 9.17) is 5.26 Å². The van der Waals surface area contributed by atoms with Gasteiger partial charge in [0.1, 0.15) is 5.01 Å². The summed E-state index contributed by atoms with van der Waals surface area (Å²) in [6, 6.07) is 8.41. The van der Waals surface area contributed by atoms with Gasteiger partial charge >= 0.3 is 0 Å². The first-order chi connectivity index (χ1) is 8.61. The molecular formula is C12H9N3O2S. The Morgan fingerprint density at radius 2 is 2.33 bits per heavy atom. The van der Waals surface area contributed by atoms with Gasteiger partial charge in [0.05, 0.1) is 23.1 Å². The smallest absolute Gasteiger partial charge is 0.258 e. The van der Waals surface area contributed by atoms with E-state index in [0.717, 1.165) is 9.88 Å². The zero-order chi connectivity index (χ0) is 13.1. The highest BCUT2D eigenvalue weighted by Gasteiger charge is 2.12. The fourth-order valence-corrected chi connectivity index (χ4v) is 2.52. The average Bonchev–Trinajstić information content (AvgIpc) is 2.71. The largest absolute Gasteiger partial charge is 0.270 e. The van der Waals surface area contributed by atoms with Crippen LogP contribution in [0, 0.1) is 28.4 Å². The number of nitriles is 1. The number of nitro benzene ring substituents is 1. The molecule has 0 atom stereocenters. The third kappa shape index (κ3) is 2.36. The van der Waals surface area contributed by atoms with E-state index in [1.807, 2.05) is 13.0 Å². The van der Waals surface area contributed by atoms with Gasteiger partial charge in [0, 0.05) is 22.6 Å². The van der Waals surface area contributed by atoms with Crippen LogP contribution in [-0.2, 0) is 6.42 Å². The van der Waals surface area contributed by atoms with Crippen LogP contribution in [0.25, 0.3) is 11.3 Å². The SMILES string of the molecule is Cc1sc(CC#N)nc1-c1cccc([N+](=O)[O-])c1. The molecule has 0 fully saturated rings. The Hall–Kier alpha value is -2.26. The molecule has 0 aliphatic heterocycles. The maximum atomic E-state index is 10.7. The molecule has 0 bridgehead atoms. The third-order valence-electron chi connectivity index (χ3n) is 2.40. The maximum Gasteiger partial charge on any atom is 0.270 e. The van der Waals surface area contributed by atoms with Gasteiger partial charge in [-0.3, -0.25) is 10.1 Å². The van der Waals surface area contributed by atoms with E-state index in [9.17, 15) is 10.1 Å². The molecule has 0 N–H and O–H groups in total. The molecule has 2 aromatic rings. The Balaban J connectivity index is 2.45. The number of hydrogen-bond donors (Lipinski definition) is 0. The van der Waals surface area contributed by atoms with E-state index < -0.39 is 4.92 Å². The number of rotatable bonds is 3. The van der Waals surface area contributed by atoms with Gasteiger partial charge < -0.3 is 0 Å². The van der Waals surface area contributed by atoms with Crippen LogP contribution in [-0.4, -0.2) is 9.91 Å². The molecule has 0 saturated carbocycles. The van der Waals surface area contributed by atoms with Crippen molar-refractivity contribution in [1.29, 1.82) is 5.26 Å². The second-order valence-corrected chi connectivity index (χ2v) is 4.94. The Morgan fingerprint density at radius 3 is 3.00 bits per heavy atom. The predicted octanol–water partition coefficient (Wildman–Crippen LogP) is 3.09. The van der Waals surface area contributed by atoms with E-state index in [2.05, 4.69) is 4.98 Å². The number of non-ortho nitro benzene ring substituents is 1. The molecule has 2 rings (SSSR count). The number of aryl methyl sites for hydroxylation is 1. The number of thiazole rings is 1. The van der Waals surface area contributed by atoms with Crippen LogP contribution < -0.4 is 0 Å². The second-order valence-electron chi connectivity index (χ2n) is 3.65. The van der Waals surface area contributed by atoms with Gasteiger partial charge in [-0.1, -0.05) is 12.1 Å². The molecule has 0 unspecified atom stereocenters. The number of hydrogen-bond acceptors (Lipinski definition) is 5. The zero-order valence-corrected chi connectivity index (χ0v) is 10.4. The molecule has 90 valence electrons. The Labute approximate surface area is 107 Å². The molecule has 18 heavy (non-hydrogen) atoms. The third-order valence-corrected chi connectivity index (χ3v) is 3.37. The maximum absolute atomic E-state index is 10.7. The van der Waals surface area contributed by atoms with E-state index in [0.29, 0.717) is 11.3 Å². The first-order valence-electron chi connectivity index (χ1n) is 5.20. The molecule has 0 spiro atoms. The Bertz CT molecular complexity index is 643. The predicted molar refractivity (Wildman–Crippen MR) is 68.3 cm³/mol. The monoisotopic (exact) mass is 259 g/mol. The van der Waals surface area contributed by atoms with E-state index in [1.54, 1.807) is 12.1 Å². The topological polar surface area (TPSA) is 79.8 Å². The van der Waals surface area contributed by atoms with Crippen molar-refractivity contribution in [3.05, 3.63) is 44.3 Å². The summed E-state index contributed by atoms with van der Waals surface area (Å²) in [6.07, 6.45) is 0.264. The standard InChI is InChI=1S/C12H9N3O2S/c1-8-12(14-11(18-8)5-6-13)9-3-2-4-10(7-9)15(16)17/h2-4,7H,5H2,1H3. The first kappa shape index (κ1) is 12.2. The summed E-state index contributed by atoms with van der Waals surface area (Å²) in [6.45, 7) is 1.90. The highest BCUT2D eigenvalue weighted by atomic mass is 32.1. The average molecular weight is 259 g/mol. The van der Waals surface area contributed by atoms with E-state index in [-0.39, 0.29) is 12.1 Å². The van der Waals surface area contributed by atoms with Crippen LogP contribution in [0.3, 0.4) is 0 Å². The van der Waals surface area contributed by atoms with Crippen LogP contribution in [0.2, 0.25) is 0 Å². The van der Waals surface area contributed by atoms with Gasteiger partial charge in [-0.15, -0.1) is 11.3 Å². The lowest BCUT2D eigenvalue weighted by Gasteiger charge is -1.98. The number of aromatic nitrogens is 1. The normalized spacial score (nSPS) is 10.0. The second kappa shape index (κ2) is 4.94. The number of benzene rings is 1. The minimum atomic E-state index is -0.429. The van der Waals surface area contributed by atoms with Crippen molar-refractivity contribution in [3.8, 4) is 17.3 Å². The fourth-order valence-electron chi connectivity index (χ4n) is 1.63. The van der Waals surface area contributed by atoms with Crippen molar-refractivity contribution in [2.75, 3.05) is 0 Å². The van der Waals surface area contributed by atoms with Crippen molar-refractivity contribution < 1.29 is 4.92 Å². The lowest BCUT2D eigenvalue weighted by Crippen LogP contribution is -1.89. The minimum Gasteiger partial charge on any atom is -0.258 e. The summed E-state index contributed by atoms with van der Waals surface area (Å²) >= 11 is 1.44. The summed E-state index contributed by atoms with van der Waals surface area (Å²) in [5.41, 5.74) is 1.47. The van der Waals surface area contributed by atoms with Gasteiger partial charge in [0.15, 0.2) is 0 Å². The van der Waals surface area contributed by atoms with Gasteiger partial charge in [0.2, 0.25) is 0 Å². The highest BCUT2D eigenvalue weighted by molar-refractivity contribution is 7.12. The van der Waals surface area contributed by atoms with Crippen LogP contribution in [0.1, 0.15) is 9.88 Å².